The van der Waals surface area contributed by atoms with Crippen LogP contribution in [0.3, 0.4) is 0 Å². The number of fused-ring (bicyclic) bond motifs is 2. The molecule has 0 saturated carbocycles. The number of carbonyl (C=O) groups excluding carboxylic acids is 2. The first-order valence-electron chi connectivity index (χ1n) is 4.91. The lowest BCUT2D eigenvalue weighted by molar-refractivity contribution is -0.110. The van der Waals surface area contributed by atoms with Crippen LogP contribution in [0.1, 0.15) is 11.3 Å². The molecule has 0 aliphatic heterocycles. The largest absolute Gasteiger partial charge is 0.290 e. The van der Waals surface area contributed by atoms with Crippen molar-refractivity contribution >= 4 is 35.9 Å². The van der Waals surface area contributed by atoms with Crippen LogP contribution in [0.15, 0.2) is 18.2 Å². The Morgan fingerprint density at radius 1 is 0.875 bits per heavy atom. The minimum atomic E-state index is -0.0557. The maximum Gasteiger partial charge on any atom is 0.180 e. The van der Waals surface area contributed by atoms with Crippen molar-refractivity contribution in [2.45, 2.75) is 0 Å². The highest BCUT2D eigenvalue weighted by Crippen LogP contribution is 2.02. The van der Waals surface area contributed by atoms with E-state index in [0.29, 0.717) is 5.35 Å². The van der Waals surface area contributed by atoms with E-state index in [4.69, 9.17) is 0 Å². The van der Waals surface area contributed by atoms with Crippen LogP contribution < -0.4 is 10.6 Å². The van der Waals surface area contributed by atoms with Crippen LogP contribution >= 0.6 is 0 Å². The van der Waals surface area contributed by atoms with Gasteiger partial charge in [-0.05, 0) is 36.4 Å². The molecule has 3 rings (SSSR count). The molecule has 0 amide bonds. The van der Waals surface area contributed by atoms with E-state index in [1.165, 1.54) is 18.2 Å². The Balaban J connectivity index is 2.38. The van der Waals surface area contributed by atoms with Crippen LogP contribution in [0.4, 0.5) is 0 Å². The van der Waals surface area contributed by atoms with Gasteiger partial charge in [0, 0.05) is 16.9 Å². The predicted molar refractivity (Wildman–Crippen MR) is 60.5 cm³/mol. The van der Waals surface area contributed by atoms with Crippen molar-refractivity contribution < 1.29 is 9.59 Å². The van der Waals surface area contributed by atoms with Gasteiger partial charge in [-0.15, -0.1) is 0 Å². The molecule has 76 valence electrons. The molecule has 1 aromatic rings. The summed E-state index contributed by atoms with van der Waals surface area (Å²) in [4.78, 5) is 26.7. The summed E-state index contributed by atoms with van der Waals surface area (Å²) in [7, 11) is 0. The third-order valence-electron chi connectivity index (χ3n) is 2.55. The molecule has 3 nitrogen and oxygen atoms in total. The van der Waals surface area contributed by atoms with Gasteiger partial charge in [0.25, 0.3) is 0 Å². The number of allylic oxidation sites excluding steroid dienone is 2. The van der Waals surface area contributed by atoms with Crippen molar-refractivity contribution in [2.75, 3.05) is 0 Å². The van der Waals surface area contributed by atoms with Crippen LogP contribution in [-0.2, 0) is 9.59 Å². The molecule has 1 heterocycles. The lowest BCUT2D eigenvalue weighted by Gasteiger charge is -2.05. The van der Waals surface area contributed by atoms with Gasteiger partial charge in [-0.3, -0.25) is 9.59 Å². The minimum Gasteiger partial charge on any atom is -0.290 e. The normalized spacial score (nSPS) is 16.2. The number of hydrogen-bond donors (Lipinski definition) is 0. The Morgan fingerprint density at radius 2 is 1.62 bits per heavy atom. The molecular weight excluding hydrogens is 202 g/mol. The summed E-state index contributed by atoms with van der Waals surface area (Å²) in [5, 5.41) is 1.47. The minimum absolute atomic E-state index is 0.0332. The molecule has 2 aliphatic rings. The fraction of sp³-hybridized carbons (Fsp3) is 0. The van der Waals surface area contributed by atoms with E-state index in [2.05, 4.69) is 4.98 Å². The van der Waals surface area contributed by atoms with Crippen LogP contribution in [0, 0.1) is 0 Å². The fourth-order valence-corrected chi connectivity index (χ4v) is 1.79. The quantitative estimate of drug-likeness (QED) is 0.596. The molecule has 0 spiro atoms. The predicted octanol–water partition coefficient (Wildman–Crippen LogP) is -0.166. The molecule has 0 fully saturated rings. The zero-order chi connectivity index (χ0) is 11.1. The summed E-state index contributed by atoms with van der Waals surface area (Å²) in [5.41, 5.74) is 1.61. The summed E-state index contributed by atoms with van der Waals surface area (Å²) in [5.74, 6) is -0.0890. The van der Waals surface area contributed by atoms with Crippen molar-refractivity contribution in [2.24, 2.45) is 0 Å². The van der Waals surface area contributed by atoms with Crippen LogP contribution in [0.25, 0.3) is 24.3 Å². The number of rotatable bonds is 0. The average Bonchev–Trinajstić information content (AvgIpc) is 2.26. The zero-order valence-electron chi connectivity index (χ0n) is 8.31. The van der Waals surface area contributed by atoms with Gasteiger partial charge in [0.2, 0.25) is 0 Å². The van der Waals surface area contributed by atoms with Gasteiger partial charge in [-0.25, -0.2) is 4.98 Å². The SMILES string of the molecule is O=C1C=Cc2nc3c(cc2=C1)C=CC(=O)C=3. The topological polar surface area (TPSA) is 47.0 Å². The van der Waals surface area contributed by atoms with Gasteiger partial charge in [-0.2, -0.15) is 0 Å². The van der Waals surface area contributed by atoms with Gasteiger partial charge < -0.3 is 0 Å². The zero-order valence-corrected chi connectivity index (χ0v) is 8.31. The first kappa shape index (κ1) is 8.97. The van der Waals surface area contributed by atoms with Crippen molar-refractivity contribution in [3.05, 3.63) is 40.0 Å². The molecule has 0 atom stereocenters. The molecule has 3 heteroatoms. The smallest absolute Gasteiger partial charge is 0.180 e. The molecule has 0 N–H and O–H groups in total. The van der Waals surface area contributed by atoms with E-state index in [0.717, 1.165) is 16.5 Å². The molecule has 2 aliphatic carbocycles. The number of nitrogens with zero attached hydrogens (tertiary/aromatic N) is 1. The number of hydrogen-bond acceptors (Lipinski definition) is 3. The van der Waals surface area contributed by atoms with Gasteiger partial charge in [0.15, 0.2) is 11.6 Å². The third-order valence-corrected chi connectivity index (χ3v) is 2.55. The Morgan fingerprint density at radius 3 is 2.50 bits per heavy atom. The number of pyridine rings is 1. The van der Waals surface area contributed by atoms with E-state index in [-0.39, 0.29) is 11.6 Å². The Kier molecular flexibility index (Phi) is 1.74. The first-order chi connectivity index (χ1) is 7.72. The van der Waals surface area contributed by atoms with Gasteiger partial charge in [-0.1, -0.05) is 0 Å². The summed E-state index contributed by atoms with van der Waals surface area (Å²) in [6, 6.07) is 1.87. The van der Waals surface area contributed by atoms with Crippen molar-refractivity contribution in [3.8, 4) is 0 Å². The van der Waals surface area contributed by atoms with Crippen molar-refractivity contribution in [3.63, 3.8) is 0 Å². The second kappa shape index (κ2) is 3.10. The van der Waals surface area contributed by atoms with E-state index in [1.807, 2.05) is 6.07 Å². The average molecular weight is 209 g/mol. The van der Waals surface area contributed by atoms with Gasteiger partial charge in [0.1, 0.15) is 0 Å². The highest BCUT2D eigenvalue weighted by atomic mass is 16.1. The fourth-order valence-electron chi connectivity index (χ4n) is 1.79. The Hall–Kier alpha value is -2.29. The number of carbonyl (C=O) groups is 2. The third kappa shape index (κ3) is 1.34. The Labute approximate surface area is 91.1 Å². The first-order valence-corrected chi connectivity index (χ1v) is 4.91. The van der Waals surface area contributed by atoms with Crippen molar-refractivity contribution in [1.29, 1.82) is 0 Å². The molecular formula is C13H7NO2. The van der Waals surface area contributed by atoms with E-state index >= 15 is 0 Å². The van der Waals surface area contributed by atoms with Gasteiger partial charge in [0.05, 0.1) is 11.0 Å². The van der Waals surface area contributed by atoms with E-state index < -0.39 is 0 Å². The Bertz CT molecular complexity index is 632. The lowest BCUT2D eigenvalue weighted by Crippen LogP contribution is -2.25. The summed E-state index contributed by atoms with van der Waals surface area (Å²) in [6.07, 6.45) is 9.42. The summed E-state index contributed by atoms with van der Waals surface area (Å²) < 4.78 is 0. The number of aromatic nitrogens is 1. The van der Waals surface area contributed by atoms with Crippen molar-refractivity contribution in [1.82, 2.24) is 4.98 Å². The maximum absolute atomic E-state index is 11.2. The van der Waals surface area contributed by atoms with E-state index in [1.54, 1.807) is 18.2 Å². The lowest BCUT2D eigenvalue weighted by atomic mass is 10.0. The second-order valence-corrected chi connectivity index (χ2v) is 3.70. The van der Waals surface area contributed by atoms with Gasteiger partial charge >= 0.3 is 0 Å². The molecule has 0 aromatic carbocycles. The number of ketones is 2. The molecule has 0 saturated heterocycles. The summed E-state index contributed by atoms with van der Waals surface area (Å²) >= 11 is 0. The van der Waals surface area contributed by atoms with Crippen LogP contribution in [0.5, 0.6) is 0 Å². The van der Waals surface area contributed by atoms with Crippen LogP contribution in [-0.4, -0.2) is 16.6 Å². The molecule has 0 bridgehead atoms. The monoisotopic (exact) mass is 209 g/mol. The van der Waals surface area contributed by atoms with Crippen LogP contribution in [0.2, 0.25) is 0 Å². The van der Waals surface area contributed by atoms with E-state index in [9.17, 15) is 9.59 Å². The summed E-state index contributed by atoms with van der Waals surface area (Å²) in [6.45, 7) is 0. The molecule has 0 unspecified atom stereocenters. The highest BCUT2D eigenvalue weighted by Gasteiger charge is 2.08. The maximum atomic E-state index is 11.2. The standard InChI is InChI=1S/C13H7NO2/c15-10-3-4-12-9(6-10)5-8-1-2-11(16)7-13(8)14-12/h1-7H. The highest BCUT2D eigenvalue weighted by molar-refractivity contribution is 6.17. The second-order valence-electron chi connectivity index (χ2n) is 3.70. The molecule has 1 aromatic heterocycles. The molecule has 16 heavy (non-hydrogen) atoms. The molecule has 0 radical (unpaired) electrons.